The summed E-state index contributed by atoms with van der Waals surface area (Å²) in [5, 5.41) is 0. The van der Waals surface area contributed by atoms with E-state index in [2.05, 4.69) is 6.92 Å². The number of carbonyl (C=O) groups is 1. The standard InChI is InChI=1S/C13H21NO3/c1-3-4-5-13(15)14(7-9-16-2)10-12-6-8-17-11-12/h6,8,11H,3-5,7,9-10H2,1-2H3. The first-order valence-electron chi connectivity index (χ1n) is 6.05. The van der Waals surface area contributed by atoms with Gasteiger partial charge < -0.3 is 14.1 Å². The third-order valence-corrected chi connectivity index (χ3v) is 2.62. The largest absolute Gasteiger partial charge is 0.472 e. The van der Waals surface area contributed by atoms with E-state index in [1.54, 1.807) is 19.6 Å². The number of amides is 1. The summed E-state index contributed by atoms with van der Waals surface area (Å²) in [5.74, 6) is 0.185. The van der Waals surface area contributed by atoms with Crippen molar-refractivity contribution in [3.8, 4) is 0 Å². The van der Waals surface area contributed by atoms with Gasteiger partial charge >= 0.3 is 0 Å². The summed E-state index contributed by atoms with van der Waals surface area (Å²) < 4.78 is 10.0. The molecule has 4 heteroatoms. The van der Waals surface area contributed by atoms with E-state index in [0.29, 0.717) is 26.1 Å². The zero-order chi connectivity index (χ0) is 12.5. The Bertz CT molecular complexity index is 308. The number of hydrogen-bond acceptors (Lipinski definition) is 3. The fourth-order valence-electron chi connectivity index (χ4n) is 1.58. The van der Waals surface area contributed by atoms with Crippen LogP contribution in [-0.2, 0) is 16.1 Å². The molecule has 0 radical (unpaired) electrons. The van der Waals surface area contributed by atoms with Crippen molar-refractivity contribution in [2.45, 2.75) is 32.7 Å². The van der Waals surface area contributed by atoms with Crippen LogP contribution in [0.4, 0.5) is 0 Å². The highest BCUT2D eigenvalue weighted by molar-refractivity contribution is 5.76. The summed E-state index contributed by atoms with van der Waals surface area (Å²) in [4.78, 5) is 13.8. The quantitative estimate of drug-likeness (QED) is 0.699. The molecule has 1 amide bonds. The lowest BCUT2D eigenvalue weighted by molar-refractivity contribution is -0.132. The molecule has 4 nitrogen and oxygen atoms in total. The fourth-order valence-corrected chi connectivity index (χ4v) is 1.58. The number of nitrogens with zero attached hydrogens (tertiary/aromatic N) is 1. The average Bonchev–Trinajstić information content (AvgIpc) is 2.84. The maximum atomic E-state index is 12.0. The minimum absolute atomic E-state index is 0.185. The topological polar surface area (TPSA) is 42.7 Å². The van der Waals surface area contributed by atoms with Crippen LogP contribution in [0.1, 0.15) is 31.7 Å². The van der Waals surface area contributed by atoms with Crippen molar-refractivity contribution >= 4 is 5.91 Å². The number of rotatable bonds is 8. The van der Waals surface area contributed by atoms with Crippen LogP contribution in [0, 0.1) is 0 Å². The lowest BCUT2D eigenvalue weighted by Crippen LogP contribution is -2.33. The highest BCUT2D eigenvalue weighted by Gasteiger charge is 2.13. The second-order valence-corrected chi connectivity index (χ2v) is 4.04. The van der Waals surface area contributed by atoms with E-state index in [9.17, 15) is 4.79 Å². The van der Waals surface area contributed by atoms with Gasteiger partial charge in [0.05, 0.1) is 19.1 Å². The predicted octanol–water partition coefficient (Wildman–Crippen LogP) is 2.44. The second kappa shape index (κ2) is 7.90. The van der Waals surface area contributed by atoms with Gasteiger partial charge in [0.2, 0.25) is 5.91 Å². The highest BCUT2D eigenvalue weighted by atomic mass is 16.5. The number of unbranched alkanes of at least 4 members (excludes halogenated alkanes) is 1. The molecule has 0 aliphatic heterocycles. The number of furan rings is 1. The maximum absolute atomic E-state index is 12.0. The van der Waals surface area contributed by atoms with Gasteiger partial charge in [-0.25, -0.2) is 0 Å². The molecular weight excluding hydrogens is 218 g/mol. The fraction of sp³-hybridized carbons (Fsp3) is 0.615. The van der Waals surface area contributed by atoms with Gasteiger partial charge in [0.1, 0.15) is 0 Å². The lowest BCUT2D eigenvalue weighted by atomic mass is 10.2. The zero-order valence-corrected chi connectivity index (χ0v) is 10.6. The van der Waals surface area contributed by atoms with E-state index >= 15 is 0 Å². The molecule has 96 valence electrons. The van der Waals surface area contributed by atoms with E-state index in [-0.39, 0.29) is 5.91 Å². The molecule has 1 rings (SSSR count). The van der Waals surface area contributed by atoms with Crippen LogP contribution in [0.3, 0.4) is 0 Å². The molecule has 1 aromatic heterocycles. The van der Waals surface area contributed by atoms with Crippen LogP contribution in [0.25, 0.3) is 0 Å². The van der Waals surface area contributed by atoms with Crippen LogP contribution >= 0.6 is 0 Å². The average molecular weight is 239 g/mol. The van der Waals surface area contributed by atoms with Crippen molar-refractivity contribution in [3.05, 3.63) is 24.2 Å². The van der Waals surface area contributed by atoms with Gasteiger partial charge in [0, 0.05) is 32.2 Å². The van der Waals surface area contributed by atoms with Gasteiger partial charge in [0.15, 0.2) is 0 Å². The number of carbonyl (C=O) groups excluding carboxylic acids is 1. The molecule has 0 fully saturated rings. The molecule has 0 aliphatic rings. The summed E-state index contributed by atoms with van der Waals surface area (Å²) in [6.07, 6.45) is 5.88. The molecule has 0 aliphatic carbocycles. The normalized spacial score (nSPS) is 10.5. The van der Waals surface area contributed by atoms with E-state index in [4.69, 9.17) is 9.15 Å². The molecule has 0 aromatic carbocycles. The van der Waals surface area contributed by atoms with Gasteiger partial charge in [0.25, 0.3) is 0 Å². The number of methoxy groups -OCH3 is 1. The predicted molar refractivity (Wildman–Crippen MR) is 65.5 cm³/mol. The zero-order valence-electron chi connectivity index (χ0n) is 10.6. The van der Waals surface area contributed by atoms with Crippen LogP contribution in [0.2, 0.25) is 0 Å². The lowest BCUT2D eigenvalue weighted by Gasteiger charge is -2.21. The van der Waals surface area contributed by atoms with E-state index in [1.807, 2.05) is 11.0 Å². The first-order chi connectivity index (χ1) is 8.27. The summed E-state index contributed by atoms with van der Waals surface area (Å²) in [6, 6.07) is 1.88. The number of ether oxygens (including phenoxy) is 1. The Morgan fingerprint density at radius 1 is 1.53 bits per heavy atom. The Balaban J connectivity index is 2.50. The van der Waals surface area contributed by atoms with Crippen molar-refractivity contribution in [2.24, 2.45) is 0 Å². The maximum Gasteiger partial charge on any atom is 0.222 e. The molecule has 0 N–H and O–H groups in total. The molecular formula is C13H21NO3. The number of hydrogen-bond donors (Lipinski definition) is 0. The van der Waals surface area contributed by atoms with Gasteiger partial charge in [-0.2, -0.15) is 0 Å². The Morgan fingerprint density at radius 2 is 2.35 bits per heavy atom. The van der Waals surface area contributed by atoms with Gasteiger partial charge in [-0.1, -0.05) is 13.3 Å². The van der Waals surface area contributed by atoms with Crippen molar-refractivity contribution in [1.82, 2.24) is 4.90 Å². The molecule has 1 aromatic rings. The second-order valence-electron chi connectivity index (χ2n) is 4.04. The summed E-state index contributed by atoms with van der Waals surface area (Å²) in [7, 11) is 1.65. The minimum atomic E-state index is 0.185. The van der Waals surface area contributed by atoms with Crippen molar-refractivity contribution in [2.75, 3.05) is 20.3 Å². The third-order valence-electron chi connectivity index (χ3n) is 2.62. The molecule has 0 atom stereocenters. The van der Waals surface area contributed by atoms with Crippen LogP contribution in [0.5, 0.6) is 0 Å². The Morgan fingerprint density at radius 3 is 2.94 bits per heavy atom. The Hall–Kier alpha value is -1.29. The highest BCUT2D eigenvalue weighted by Crippen LogP contribution is 2.08. The molecule has 0 unspecified atom stereocenters. The van der Waals surface area contributed by atoms with Crippen molar-refractivity contribution in [3.63, 3.8) is 0 Å². The van der Waals surface area contributed by atoms with Crippen molar-refractivity contribution < 1.29 is 13.9 Å². The molecule has 0 bridgehead atoms. The third kappa shape index (κ3) is 5.04. The van der Waals surface area contributed by atoms with Crippen LogP contribution < -0.4 is 0 Å². The van der Waals surface area contributed by atoms with Gasteiger partial charge in [-0.15, -0.1) is 0 Å². The van der Waals surface area contributed by atoms with Gasteiger partial charge in [-0.3, -0.25) is 4.79 Å². The molecule has 1 heterocycles. The van der Waals surface area contributed by atoms with Crippen molar-refractivity contribution in [1.29, 1.82) is 0 Å². The smallest absolute Gasteiger partial charge is 0.222 e. The van der Waals surface area contributed by atoms with Crippen LogP contribution in [0.15, 0.2) is 23.0 Å². The molecule has 17 heavy (non-hydrogen) atoms. The summed E-state index contributed by atoms with van der Waals surface area (Å²) in [6.45, 7) is 3.88. The molecule has 0 saturated heterocycles. The minimum Gasteiger partial charge on any atom is -0.472 e. The van der Waals surface area contributed by atoms with Gasteiger partial charge in [-0.05, 0) is 12.5 Å². The summed E-state index contributed by atoms with van der Waals surface area (Å²) >= 11 is 0. The van der Waals surface area contributed by atoms with E-state index in [0.717, 1.165) is 18.4 Å². The first kappa shape index (κ1) is 13.8. The Labute approximate surface area is 103 Å². The molecule has 0 saturated carbocycles. The van der Waals surface area contributed by atoms with E-state index in [1.165, 1.54) is 0 Å². The molecule has 0 spiro atoms. The van der Waals surface area contributed by atoms with E-state index < -0.39 is 0 Å². The SMILES string of the molecule is CCCCC(=O)N(CCOC)Cc1ccoc1. The first-order valence-corrected chi connectivity index (χ1v) is 6.05. The summed E-state index contributed by atoms with van der Waals surface area (Å²) in [5.41, 5.74) is 1.02. The Kier molecular flexibility index (Phi) is 6.40. The monoisotopic (exact) mass is 239 g/mol. The van der Waals surface area contributed by atoms with Crippen LogP contribution in [-0.4, -0.2) is 31.1 Å².